The molecule has 194 valence electrons. The van der Waals surface area contributed by atoms with Crippen molar-refractivity contribution in [3.8, 4) is 5.75 Å². The molecule has 2 heterocycles. The van der Waals surface area contributed by atoms with Crippen molar-refractivity contribution in [3.63, 3.8) is 0 Å². The van der Waals surface area contributed by atoms with Gasteiger partial charge < -0.3 is 28.7 Å². The molecule has 5 atom stereocenters. The van der Waals surface area contributed by atoms with E-state index in [0.29, 0.717) is 13.0 Å². The average molecular weight is 494 g/mol. The van der Waals surface area contributed by atoms with Gasteiger partial charge in [0.1, 0.15) is 18.5 Å². The van der Waals surface area contributed by atoms with Gasteiger partial charge in [0.15, 0.2) is 0 Å². The van der Waals surface area contributed by atoms with Gasteiger partial charge in [-0.25, -0.2) is 0 Å². The number of amides is 2. The highest BCUT2D eigenvalue weighted by Crippen LogP contribution is 2.29. The van der Waals surface area contributed by atoms with Crippen LogP contribution in [0.15, 0.2) is 18.2 Å². The van der Waals surface area contributed by atoms with E-state index in [0.717, 1.165) is 12.8 Å². The number of carbonyl (C=O) groups excluding carboxylic acids is 2. The smallest absolute Gasteiger partial charge is 0.270 e. The fourth-order valence-electron chi connectivity index (χ4n) is 4.61. The maximum absolute atomic E-state index is 13.4. The van der Waals surface area contributed by atoms with Gasteiger partial charge in [0.2, 0.25) is 5.91 Å². The number of non-ortho nitro benzene ring substituents is 1. The van der Waals surface area contributed by atoms with Crippen LogP contribution in [-0.2, 0) is 19.0 Å². The third-order valence-electron chi connectivity index (χ3n) is 6.88. The maximum atomic E-state index is 13.4. The van der Waals surface area contributed by atoms with E-state index in [2.05, 4.69) is 0 Å². The molecule has 0 radical (unpaired) electrons. The van der Waals surface area contributed by atoms with Gasteiger partial charge in [0, 0.05) is 53.5 Å². The number of carbonyl (C=O) groups is 2. The fraction of sp³-hybridized carbons (Fsp3) is 0.667. The highest BCUT2D eigenvalue weighted by Gasteiger charge is 2.34. The van der Waals surface area contributed by atoms with Gasteiger partial charge in [0.25, 0.3) is 11.6 Å². The van der Waals surface area contributed by atoms with Crippen molar-refractivity contribution in [2.45, 2.75) is 50.6 Å². The molecule has 2 bridgehead atoms. The Morgan fingerprint density at radius 1 is 1.06 bits per heavy atom. The normalized spacial score (nSPS) is 28.9. The minimum absolute atomic E-state index is 0.0565. The zero-order valence-corrected chi connectivity index (χ0v) is 21.0. The summed E-state index contributed by atoms with van der Waals surface area (Å²) in [6.45, 7) is 2.53. The molecule has 0 unspecified atom stereocenters. The number of nitro groups is 1. The van der Waals surface area contributed by atoms with E-state index in [4.69, 9.17) is 18.9 Å². The molecule has 0 aliphatic carbocycles. The number of ether oxygens (including phenoxy) is 4. The first-order valence-electron chi connectivity index (χ1n) is 11.8. The molecule has 35 heavy (non-hydrogen) atoms. The van der Waals surface area contributed by atoms with Gasteiger partial charge in [0.05, 0.1) is 34.7 Å². The lowest BCUT2D eigenvalue weighted by Crippen LogP contribution is -2.47. The Balaban J connectivity index is 1.98. The first-order chi connectivity index (χ1) is 16.7. The molecule has 1 saturated heterocycles. The molecule has 2 amide bonds. The molecular formula is C24H35N3O8. The van der Waals surface area contributed by atoms with E-state index in [1.54, 1.807) is 33.0 Å². The summed E-state index contributed by atoms with van der Waals surface area (Å²) >= 11 is 0. The van der Waals surface area contributed by atoms with Crippen LogP contribution in [0.25, 0.3) is 0 Å². The Labute approximate surface area is 205 Å². The van der Waals surface area contributed by atoms with Gasteiger partial charge in [-0.3, -0.25) is 19.7 Å². The SMILES string of the molecule is CO[C@H]1CN(C)C(=O)c2cc([N+](=O)[O-])ccc2OC[C@@H]2O[C@H](CC[C@H]2OC)CCN(C)C(=O)[C@H]1C. The quantitative estimate of drug-likeness (QED) is 0.464. The van der Waals surface area contributed by atoms with Crippen LogP contribution >= 0.6 is 0 Å². The highest BCUT2D eigenvalue weighted by atomic mass is 16.6. The van der Waals surface area contributed by atoms with Gasteiger partial charge >= 0.3 is 0 Å². The van der Waals surface area contributed by atoms with Crippen molar-refractivity contribution in [2.75, 3.05) is 48.0 Å². The van der Waals surface area contributed by atoms with E-state index in [-0.39, 0.29) is 54.4 Å². The monoisotopic (exact) mass is 493 g/mol. The van der Waals surface area contributed by atoms with Gasteiger partial charge in [-0.1, -0.05) is 6.92 Å². The van der Waals surface area contributed by atoms with E-state index in [1.807, 2.05) is 0 Å². The molecule has 11 nitrogen and oxygen atoms in total. The molecule has 0 saturated carbocycles. The maximum Gasteiger partial charge on any atom is 0.270 e. The number of hydrogen-bond acceptors (Lipinski definition) is 8. The summed E-state index contributed by atoms with van der Waals surface area (Å²) in [5, 5.41) is 11.4. The van der Waals surface area contributed by atoms with Crippen molar-refractivity contribution in [1.29, 1.82) is 0 Å². The van der Waals surface area contributed by atoms with Crippen molar-refractivity contribution in [1.82, 2.24) is 9.80 Å². The van der Waals surface area contributed by atoms with Gasteiger partial charge in [-0.2, -0.15) is 0 Å². The third-order valence-corrected chi connectivity index (χ3v) is 6.88. The number of likely N-dealkylation sites (N-methyl/N-ethyl adjacent to an activating group) is 1. The first-order valence-corrected chi connectivity index (χ1v) is 11.8. The standard InChI is InChI=1S/C24H35N3O8/c1-15-21(33-5)13-26(3)24(29)18-12-16(27(30)31)6-8-19(18)34-14-22-20(32-4)9-7-17(35-22)10-11-25(2)23(15)28/h6,8,12,15,17,20-22H,7,9-11,13-14H2,1-5H3/t15-,17+,20+,21-,22-/m0/s1. The molecule has 11 heteroatoms. The molecule has 2 aliphatic rings. The Hall–Kier alpha value is -2.76. The van der Waals surface area contributed by atoms with Crippen LogP contribution in [0.5, 0.6) is 5.75 Å². The topological polar surface area (TPSA) is 121 Å². The number of nitrogens with zero attached hydrogens (tertiary/aromatic N) is 3. The van der Waals surface area contributed by atoms with E-state index in [1.165, 1.54) is 30.2 Å². The lowest BCUT2D eigenvalue weighted by Gasteiger charge is -2.37. The summed E-state index contributed by atoms with van der Waals surface area (Å²) in [4.78, 5) is 40.3. The summed E-state index contributed by atoms with van der Waals surface area (Å²) in [6, 6.07) is 3.94. The largest absolute Gasteiger partial charge is 0.490 e. The van der Waals surface area contributed by atoms with Crippen molar-refractivity contribution >= 4 is 17.5 Å². The van der Waals surface area contributed by atoms with Crippen molar-refractivity contribution in [3.05, 3.63) is 33.9 Å². The van der Waals surface area contributed by atoms with E-state index < -0.39 is 22.9 Å². The molecule has 0 aromatic heterocycles. The predicted octanol–water partition coefficient (Wildman–Crippen LogP) is 2.12. The number of nitro benzene ring substituents is 1. The second-order valence-electron chi connectivity index (χ2n) is 9.19. The summed E-state index contributed by atoms with van der Waals surface area (Å²) in [6.07, 6.45) is 1.01. The van der Waals surface area contributed by atoms with Crippen molar-refractivity contribution in [2.24, 2.45) is 5.92 Å². The lowest BCUT2D eigenvalue weighted by molar-refractivity contribution is -0.384. The number of hydrogen-bond donors (Lipinski definition) is 0. The fourth-order valence-corrected chi connectivity index (χ4v) is 4.61. The lowest BCUT2D eigenvalue weighted by atomic mass is 9.98. The van der Waals surface area contributed by atoms with Crippen LogP contribution in [0.3, 0.4) is 0 Å². The van der Waals surface area contributed by atoms with E-state index >= 15 is 0 Å². The van der Waals surface area contributed by atoms with Gasteiger partial charge in [-0.15, -0.1) is 0 Å². The number of benzene rings is 1. The molecule has 1 fully saturated rings. The third kappa shape index (κ3) is 6.28. The Morgan fingerprint density at radius 2 is 1.77 bits per heavy atom. The first kappa shape index (κ1) is 26.8. The zero-order chi connectivity index (χ0) is 25.7. The summed E-state index contributed by atoms with van der Waals surface area (Å²) < 4.78 is 23.4. The average Bonchev–Trinajstić information content (AvgIpc) is 2.86. The van der Waals surface area contributed by atoms with Crippen molar-refractivity contribution < 1.29 is 33.5 Å². The second-order valence-corrected chi connectivity index (χ2v) is 9.19. The molecule has 1 aromatic carbocycles. The highest BCUT2D eigenvalue weighted by molar-refractivity contribution is 5.97. The van der Waals surface area contributed by atoms with Crippen LogP contribution in [0.1, 0.15) is 36.5 Å². The molecule has 0 N–H and O–H groups in total. The van der Waals surface area contributed by atoms with Crippen LogP contribution < -0.4 is 4.74 Å². The zero-order valence-electron chi connectivity index (χ0n) is 21.0. The minimum Gasteiger partial charge on any atom is -0.490 e. The summed E-state index contributed by atoms with van der Waals surface area (Å²) in [7, 11) is 6.43. The Kier molecular flexibility index (Phi) is 9.03. The number of methoxy groups -OCH3 is 2. The predicted molar refractivity (Wildman–Crippen MR) is 126 cm³/mol. The summed E-state index contributed by atoms with van der Waals surface area (Å²) in [5.74, 6) is -0.854. The Morgan fingerprint density at radius 3 is 2.43 bits per heavy atom. The van der Waals surface area contributed by atoms with Crippen LogP contribution in [-0.4, -0.2) is 99.0 Å². The molecule has 2 aliphatic heterocycles. The van der Waals surface area contributed by atoms with E-state index in [9.17, 15) is 19.7 Å². The number of fused-ring (bicyclic) bond motifs is 3. The molecular weight excluding hydrogens is 458 g/mol. The minimum atomic E-state index is -0.562. The molecule has 1 aromatic rings. The number of rotatable bonds is 3. The van der Waals surface area contributed by atoms with Gasteiger partial charge in [-0.05, 0) is 25.3 Å². The van der Waals surface area contributed by atoms with Crippen LogP contribution in [0.2, 0.25) is 0 Å². The molecule has 0 spiro atoms. The molecule has 3 rings (SSSR count). The van der Waals surface area contributed by atoms with Crippen LogP contribution in [0.4, 0.5) is 5.69 Å². The Bertz CT molecular complexity index is 926. The van der Waals surface area contributed by atoms with Crippen LogP contribution in [0, 0.1) is 16.0 Å². The summed E-state index contributed by atoms with van der Waals surface area (Å²) in [5.41, 5.74) is -0.165. The second kappa shape index (κ2) is 11.8.